The third-order valence-corrected chi connectivity index (χ3v) is 1.53. The number of carbonyl (C=O) groups is 1. The molecule has 0 saturated heterocycles. The quantitative estimate of drug-likeness (QED) is 0.710. The highest BCUT2D eigenvalue weighted by molar-refractivity contribution is 5.91. The van der Waals surface area contributed by atoms with Crippen LogP contribution in [0.25, 0.3) is 11.3 Å². The summed E-state index contributed by atoms with van der Waals surface area (Å²) in [5.41, 5.74) is 0.455. The van der Waals surface area contributed by atoms with Crippen LogP contribution < -0.4 is 0 Å². The van der Waals surface area contributed by atoms with Gasteiger partial charge >= 0.3 is 5.97 Å². The molecule has 2 N–H and O–H groups in total. The van der Waals surface area contributed by atoms with Gasteiger partial charge in [0.1, 0.15) is 0 Å². The summed E-state index contributed by atoms with van der Waals surface area (Å²) in [7, 11) is 0. The van der Waals surface area contributed by atoms with Crippen LogP contribution in [0.2, 0.25) is 0 Å². The van der Waals surface area contributed by atoms with Crippen LogP contribution in [0.4, 0.5) is 0 Å². The molecule has 2 heterocycles. The van der Waals surface area contributed by atoms with Gasteiger partial charge in [-0.3, -0.25) is 5.10 Å². The third kappa shape index (κ3) is 1.18. The van der Waals surface area contributed by atoms with E-state index in [0.717, 1.165) is 6.39 Å². The number of H-pyrrole nitrogens is 1. The number of carboxylic acids is 1. The summed E-state index contributed by atoms with van der Waals surface area (Å²) in [6, 6.07) is 0. The van der Waals surface area contributed by atoms with Gasteiger partial charge in [-0.05, 0) is 0 Å². The largest absolute Gasteiger partial charge is 0.476 e. The average molecular weight is 179 g/mol. The summed E-state index contributed by atoms with van der Waals surface area (Å²) in [5.74, 6) is -0.911. The predicted molar refractivity (Wildman–Crippen MR) is 41.0 cm³/mol. The van der Waals surface area contributed by atoms with Gasteiger partial charge in [0.15, 0.2) is 17.8 Å². The number of aromatic amines is 1. The van der Waals surface area contributed by atoms with Crippen molar-refractivity contribution in [3.63, 3.8) is 0 Å². The van der Waals surface area contributed by atoms with Crippen molar-refractivity contribution in [2.75, 3.05) is 0 Å². The summed E-state index contributed by atoms with van der Waals surface area (Å²) in [6.07, 6.45) is 4.09. The zero-order chi connectivity index (χ0) is 9.26. The van der Waals surface area contributed by atoms with Crippen LogP contribution >= 0.6 is 0 Å². The molecule has 0 unspecified atom stereocenters. The summed E-state index contributed by atoms with van der Waals surface area (Å²) in [6.45, 7) is 0. The smallest absolute Gasteiger partial charge is 0.358 e. The van der Waals surface area contributed by atoms with Crippen molar-refractivity contribution in [1.29, 1.82) is 0 Å². The van der Waals surface area contributed by atoms with Crippen molar-refractivity contribution in [2.24, 2.45) is 0 Å². The zero-order valence-electron chi connectivity index (χ0n) is 6.39. The molecule has 0 aliphatic heterocycles. The number of aromatic carboxylic acids is 1. The van der Waals surface area contributed by atoms with Crippen molar-refractivity contribution in [2.45, 2.75) is 0 Å². The Morgan fingerprint density at radius 1 is 1.62 bits per heavy atom. The van der Waals surface area contributed by atoms with E-state index in [9.17, 15) is 4.79 Å². The topological polar surface area (TPSA) is 92.0 Å². The Morgan fingerprint density at radius 3 is 3.08 bits per heavy atom. The molecule has 66 valence electrons. The van der Waals surface area contributed by atoms with E-state index in [1.807, 2.05) is 0 Å². The molecule has 0 radical (unpaired) electrons. The van der Waals surface area contributed by atoms with Crippen LogP contribution in [-0.4, -0.2) is 26.3 Å². The Bertz CT molecular complexity index is 418. The normalized spacial score (nSPS) is 10.2. The van der Waals surface area contributed by atoms with E-state index >= 15 is 0 Å². The zero-order valence-corrected chi connectivity index (χ0v) is 6.39. The summed E-state index contributed by atoms with van der Waals surface area (Å²) in [4.78, 5) is 14.2. The summed E-state index contributed by atoms with van der Waals surface area (Å²) < 4.78 is 4.92. The van der Waals surface area contributed by atoms with E-state index in [1.54, 1.807) is 0 Å². The number of oxazole rings is 1. The molecule has 2 rings (SSSR count). The van der Waals surface area contributed by atoms with Gasteiger partial charge in [-0.15, -0.1) is 0 Å². The number of nitrogens with zero attached hydrogens (tertiary/aromatic N) is 2. The molecule has 2 aromatic rings. The van der Waals surface area contributed by atoms with Crippen LogP contribution in [-0.2, 0) is 0 Å². The van der Waals surface area contributed by atoms with Crippen LogP contribution in [0.5, 0.6) is 0 Å². The van der Waals surface area contributed by atoms with E-state index < -0.39 is 5.97 Å². The third-order valence-electron chi connectivity index (χ3n) is 1.53. The molecule has 0 atom stereocenters. The second kappa shape index (κ2) is 2.74. The van der Waals surface area contributed by atoms with Crippen molar-refractivity contribution >= 4 is 5.97 Å². The number of nitrogens with one attached hydrogen (secondary N) is 1. The fraction of sp³-hybridized carbons (Fsp3) is 0. The Balaban J connectivity index is 2.52. The number of carboxylic acid groups (broad SMARTS) is 1. The second-order valence-electron chi connectivity index (χ2n) is 2.32. The Morgan fingerprint density at radius 2 is 2.46 bits per heavy atom. The van der Waals surface area contributed by atoms with Gasteiger partial charge in [0.05, 0.1) is 11.8 Å². The highest BCUT2D eigenvalue weighted by Gasteiger charge is 2.17. The van der Waals surface area contributed by atoms with Gasteiger partial charge in [0.2, 0.25) is 0 Å². The van der Waals surface area contributed by atoms with Gasteiger partial charge in [-0.25, -0.2) is 9.78 Å². The first-order valence-electron chi connectivity index (χ1n) is 3.45. The fourth-order valence-electron chi connectivity index (χ4n) is 0.978. The molecular weight excluding hydrogens is 174 g/mol. The van der Waals surface area contributed by atoms with Crippen LogP contribution in [0.15, 0.2) is 23.2 Å². The standard InChI is InChI=1S/C7H5N3O3/c11-7(12)5-6(13-3-8-5)4-1-9-10-2-4/h1-3H,(H,9,10)(H,11,12). The van der Waals surface area contributed by atoms with E-state index in [0.29, 0.717) is 5.56 Å². The first-order valence-corrected chi connectivity index (χ1v) is 3.45. The molecule has 0 saturated carbocycles. The van der Waals surface area contributed by atoms with Gasteiger partial charge < -0.3 is 9.52 Å². The predicted octanol–water partition coefficient (Wildman–Crippen LogP) is 0.763. The van der Waals surface area contributed by atoms with Gasteiger partial charge in [0.25, 0.3) is 0 Å². The molecule has 0 aliphatic carbocycles. The first kappa shape index (κ1) is 7.53. The molecule has 0 aromatic carbocycles. The lowest BCUT2D eigenvalue weighted by atomic mass is 10.2. The Hall–Kier alpha value is -2.11. The maximum atomic E-state index is 10.6. The van der Waals surface area contributed by atoms with Gasteiger partial charge in [-0.1, -0.05) is 0 Å². The minimum Gasteiger partial charge on any atom is -0.476 e. The van der Waals surface area contributed by atoms with E-state index in [2.05, 4.69) is 15.2 Å². The molecule has 0 fully saturated rings. The van der Waals surface area contributed by atoms with Crippen LogP contribution in [0, 0.1) is 0 Å². The highest BCUT2D eigenvalue weighted by atomic mass is 16.4. The molecule has 2 aromatic heterocycles. The maximum Gasteiger partial charge on any atom is 0.358 e. The Labute approximate surface area is 72.2 Å². The molecule has 0 bridgehead atoms. The Kier molecular flexibility index (Phi) is 1.59. The fourth-order valence-corrected chi connectivity index (χ4v) is 0.978. The number of hydrogen-bond donors (Lipinski definition) is 2. The van der Waals surface area contributed by atoms with Crippen LogP contribution in [0.1, 0.15) is 10.5 Å². The molecule has 6 heteroatoms. The minimum atomic E-state index is -1.12. The minimum absolute atomic E-state index is 0.110. The molecule has 0 aliphatic rings. The van der Waals surface area contributed by atoms with E-state index in [1.165, 1.54) is 12.4 Å². The van der Waals surface area contributed by atoms with E-state index in [4.69, 9.17) is 9.52 Å². The van der Waals surface area contributed by atoms with Crippen molar-refractivity contribution < 1.29 is 14.3 Å². The SMILES string of the molecule is O=C(O)c1ncoc1-c1cn[nH]c1. The molecule has 6 nitrogen and oxygen atoms in total. The molecule has 13 heavy (non-hydrogen) atoms. The van der Waals surface area contributed by atoms with Crippen molar-refractivity contribution in [3.05, 3.63) is 24.5 Å². The van der Waals surface area contributed by atoms with Crippen LogP contribution in [0.3, 0.4) is 0 Å². The molecule has 0 amide bonds. The average Bonchev–Trinajstić information content (AvgIpc) is 2.74. The number of hydrogen-bond acceptors (Lipinski definition) is 4. The summed E-state index contributed by atoms with van der Waals surface area (Å²) >= 11 is 0. The maximum absolute atomic E-state index is 10.6. The van der Waals surface area contributed by atoms with Gasteiger partial charge in [-0.2, -0.15) is 5.10 Å². The highest BCUT2D eigenvalue weighted by Crippen LogP contribution is 2.21. The van der Waals surface area contributed by atoms with Gasteiger partial charge in [0, 0.05) is 6.20 Å². The lowest BCUT2D eigenvalue weighted by molar-refractivity contribution is 0.0691. The lowest BCUT2D eigenvalue weighted by Gasteiger charge is -1.90. The molecular formula is C7H5N3O3. The number of rotatable bonds is 2. The van der Waals surface area contributed by atoms with Crippen molar-refractivity contribution in [3.8, 4) is 11.3 Å². The molecule has 0 spiro atoms. The monoisotopic (exact) mass is 179 g/mol. The summed E-state index contributed by atoms with van der Waals surface area (Å²) in [5, 5.41) is 14.9. The first-order chi connectivity index (χ1) is 6.29. The second-order valence-corrected chi connectivity index (χ2v) is 2.32. The lowest BCUT2D eigenvalue weighted by Crippen LogP contribution is -1.97. The van der Waals surface area contributed by atoms with E-state index in [-0.39, 0.29) is 11.5 Å². The number of aromatic nitrogens is 3. The van der Waals surface area contributed by atoms with Crippen molar-refractivity contribution in [1.82, 2.24) is 15.2 Å².